The molecule has 1 aromatic carbocycles. The zero-order chi connectivity index (χ0) is 13.0. The van der Waals surface area contributed by atoms with E-state index in [0.717, 1.165) is 18.6 Å². The normalized spacial score (nSPS) is 20.1. The molecule has 0 aromatic heterocycles. The number of fused-ring (bicyclic) bond motifs is 1. The maximum atomic E-state index is 9.22. The van der Waals surface area contributed by atoms with Crippen LogP contribution < -0.4 is 10.1 Å². The fourth-order valence-electron chi connectivity index (χ4n) is 2.19. The first-order chi connectivity index (χ1) is 8.69. The second-order valence-electron chi connectivity index (χ2n) is 4.88. The zero-order valence-corrected chi connectivity index (χ0v) is 10.7. The number of ether oxygens (including phenoxy) is 1. The predicted molar refractivity (Wildman–Crippen MR) is 69.9 cm³/mol. The van der Waals surface area contributed by atoms with E-state index in [-0.39, 0.29) is 12.7 Å². The number of hydrogen-bond donors (Lipinski definition) is 3. The van der Waals surface area contributed by atoms with Crippen LogP contribution in [-0.4, -0.2) is 42.1 Å². The fraction of sp³-hybridized carbons (Fsp3) is 0.571. The molecule has 1 heterocycles. The summed E-state index contributed by atoms with van der Waals surface area (Å²) >= 11 is 0. The van der Waals surface area contributed by atoms with Crippen LogP contribution >= 0.6 is 0 Å². The Bertz CT molecular complexity index is 395. The zero-order valence-electron chi connectivity index (χ0n) is 10.7. The number of hydrogen-bond acceptors (Lipinski definition) is 4. The topological polar surface area (TPSA) is 61.7 Å². The quantitative estimate of drug-likeness (QED) is 0.718. The minimum atomic E-state index is -0.691. The van der Waals surface area contributed by atoms with E-state index in [1.165, 1.54) is 11.1 Å². The van der Waals surface area contributed by atoms with Crippen LogP contribution in [0.5, 0.6) is 5.75 Å². The van der Waals surface area contributed by atoms with Crippen LogP contribution in [-0.2, 0) is 6.42 Å². The van der Waals surface area contributed by atoms with Gasteiger partial charge in [-0.2, -0.15) is 0 Å². The lowest BCUT2D eigenvalue weighted by atomic mass is 10.0. The molecule has 1 aliphatic rings. The van der Waals surface area contributed by atoms with Gasteiger partial charge in [-0.25, -0.2) is 0 Å². The average Bonchev–Trinajstić information content (AvgIpc) is 2.38. The number of aliphatic hydroxyl groups excluding tert-OH is 2. The highest BCUT2D eigenvalue weighted by atomic mass is 16.5. The molecule has 0 spiro atoms. The van der Waals surface area contributed by atoms with Crippen molar-refractivity contribution in [3.63, 3.8) is 0 Å². The molecule has 2 unspecified atom stereocenters. The molecule has 0 bridgehead atoms. The maximum absolute atomic E-state index is 9.22. The number of nitrogens with one attached hydrogen (secondary N) is 1. The molecule has 4 heteroatoms. The van der Waals surface area contributed by atoms with E-state index >= 15 is 0 Å². The SMILES string of the molecule is Cc1ccc2c(c1)CCC(CNCC(O)CO)O2. The fourth-order valence-corrected chi connectivity index (χ4v) is 2.19. The molecule has 18 heavy (non-hydrogen) atoms. The van der Waals surface area contributed by atoms with Gasteiger partial charge < -0.3 is 20.3 Å². The monoisotopic (exact) mass is 251 g/mol. The van der Waals surface area contributed by atoms with Crippen molar-refractivity contribution in [1.29, 1.82) is 0 Å². The molecular formula is C14H21NO3. The molecule has 2 rings (SSSR count). The number of benzene rings is 1. The predicted octanol–water partition coefficient (Wildman–Crippen LogP) is 0.631. The van der Waals surface area contributed by atoms with Gasteiger partial charge >= 0.3 is 0 Å². The second kappa shape index (κ2) is 6.18. The van der Waals surface area contributed by atoms with Crippen molar-refractivity contribution in [2.24, 2.45) is 0 Å². The summed E-state index contributed by atoms with van der Waals surface area (Å²) in [7, 11) is 0. The van der Waals surface area contributed by atoms with Gasteiger partial charge in [0.15, 0.2) is 0 Å². The Hall–Kier alpha value is -1.10. The van der Waals surface area contributed by atoms with Crippen LogP contribution in [0, 0.1) is 6.92 Å². The molecule has 0 saturated carbocycles. The molecule has 0 amide bonds. The maximum Gasteiger partial charge on any atom is 0.122 e. The van der Waals surface area contributed by atoms with Crippen LogP contribution in [0.15, 0.2) is 18.2 Å². The van der Waals surface area contributed by atoms with E-state index in [1.54, 1.807) is 0 Å². The molecule has 2 atom stereocenters. The minimum Gasteiger partial charge on any atom is -0.489 e. The van der Waals surface area contributed by atoms with Crippen molar-refractivity contribution in [3.8, 4) is 5.75 Å². The number of rotatable bonds is 5. The van der Waals surface area contributed by atoms with Crippen LogP contribution in [0.3, 0.4) is 0 Å². The molecule has 1 aliphatic heterocycles. The van der Waals surface area contributed by atoms with Gasteiger partial charge in [-0.15, -0.1) is 0 Å². The van der Waals surface area contributed by atoms with Gasteiger partial charge in [-0.05, 0) is 31.4 Å². The summed E-state index contributed by atoms with van der Waals surface area (Å²) < 4.78 is 5.90. The minimum absolute atomic E-state index is 0.145. The van der Waals surface area contributed by atoms with Gasteiger partial charge in [0.05, 0.1) is 12.7 Å². The van der Waals surface area contributed by atoms with Crippen molar-refractivity contribution in [2.75, 3.05) is 19.7 Å². The van der Waals surface area contributed by atoms with Crippen molar-refractivity contribution < 1.29 is 14.9 Å². The average molecular weight is 251 g/mol. The highest BCUT2D eigenvalue weighted by Gasteiger charge is 2.19. The molecule has 0 saturated heterocycles. The van der Waals surface area contributed by atoms with Crippen LogP contribution in [0.2, 0.25) is 0 Å². The van der Waals surface area contributed by atoms with Crippen molar-refractivity contribution in [2.45, 2.75) is 32.0 Å². The van der Waals surface area contributed by atoms with E-state index in [4.69, 9.17) is 9.84 Å². The standard InChI is InChI=1S/C14H21NO3/c1-10-2-5-14-11(6-10)3-4-13(18-14)8-15-7-12(17)9-16/h2,5-6,12-13,15-17H,3-4,7-9H2,1H3. The summed E-state index contributed by atoms with van der Waals surface area (Å²) in [6.07, 6.45) is 1.47. The van der Waals surface area contributed by atoms with E-state index in [9.17, 15) is 5.11 Å². The highest BCUT2D eigenvalue weighted by molar-refractivity contribution is 5.38. The Balaban J connectivity index is 1.83. The molecule has 0 aliphatic carbocycles. The third-order valence-electron chi connectivity index (χ3n) is 3.21. The highest BCUT2D eigenvalue weighted by Crippen LogP contribution is 2.28. The van der Waals surface area contributed by atoms with Gasteiger partial charge in [0.2, 0.25) is 0 Å². The third-order valence-corrected chi connectivity index (χ3v) is 3.21. The first-order valence-electron chi connectivity index (χ1n) is 6.45. The molecule has 100 valence electrons. The lowest BCUT2D eigenvalue weighted by Crippen LogP contribution is -2.38. The Morgan fingerprint density at radius 2 is 2.33 bits per heavy atom. The van der Waals surface area contributed by atoms with Crippen molar-refractivity contribution in [1.82, 2.24) is 5.32 Å². The lowest BCUT2D eigenvalue weighted by molar-refractivity contribution is 0.0893. The summed E-state index contributed by atoms with van der Waals surface area (Å²) in [4.78, 5) is 0. The number of aliphatic hydroxyl groups is 2. The Morgan fingerprint density at radius 3 is 3.11 bits per heavy atom. The molecule has 0 fully saturated rings. The Morgan fingerprint density at radius 1 is 1.50 bits per heavy atom. The molecule has 3 N–H and O–H groups in total. The van der Waals surface area contributed by atoms with Gasteiger partial charge in [-0.3, -0.25) is 0 Å². The smallest absolute Gasteiger partial charge is 0.122 e. The summed E-state index contributed by atoms with van der Waals surface area (Å²) in [5.74, 6) is 0.973. The summed E-state index contributed by atoms with van der Waals surface area (Å²) in [6.45, 7) is 2.98. The van der Waals surface area contributed by atoms with Gasteiger partial charge in [0.25, 0.3) is 0 Å². The van der Waals surface area contributed by atoms with Crippen molar-refractivity contribution in [3.05, 3.63) is 29.3 Å². The number of aryl methyl sites for hydroxylation is 2. The lowest BCUT2D eigenvalue weighted by Gasteiger charge is -2.27. The van der Waals surface area contributed by atoms with E-state index in [2.05, 4.69) is 24.4 Å². The Kier molecular flexibility index (Phi) is 4.58. The second-order valence-corrected chi connectivity index (χ2v) is 4.88. The first kappa shape index (κ1) is 13.3. The Labute approximate surface area is 108 Å². The van der Waals surface area contributed by atoms with Gasteiger partial charge in [-0.1, -0.05) is 17.7 Å². The largest absolute Gasteiger partial charge is 0.489 e. The summed E-state index contributed by atoms with van der Waals surface area (Å²) in [6, 6.07) is 6.26. The van der Waals surface area contributed by atoms with Gasteiger partial charge in [0.1, 0.15) is 11.9 Å². The van der Waals surface area contributed by atoms with Crippen LogP contribution in [0.25, 0.3) is 0 Å². The van der Waals surface area contributed by atoms with Crippen LogP contribution in [0.4, 0.5) is 0 Å². The van der Waals surface area contributed by atoms with Gasteiger partial charge in [0, 0.05) is 13.1 Å². The third kappa shape index (κ3) is 3.45. The van der Waals surface area contributed by atoms with Crippen LogP contribution in [0.1, 0.15) is 17.5 Å². The molecule has 1 aromatic rings. The van der Waals surface area contributed by atoms with E-state index in [1.807, 2.05) is 6.07 Å². The summed E-state index contributed by atoms with van der Waals surface area (Å²) in [5, 5.41) is 21.0. The van der Waals surface area contributed by atoms with Crippen molar-refractivity contribution >= 4 is 0 Å². The molecule has 4 nitrogen and oxygen atoms in total. The van der Waals surface area contributed by atoms with E-state index < -0.39 is 6.10 Å². The first-order valence-corrected chi connectivity index (χ1v) is 6.45. The van der Waals surface area contributed by atoms with E-state index in [0.29, 0.717) is 13.1 Å². The summed E-state index contributed by atoms with van der Waals surface area (Å²) in [5.41, 5.74) is 2.54. The molecular weight excluding hydrogens is 230 g/mol. The molecule has 0 radical (unpaired) electrons.